The monoisotopic (exact) mass is 810 g/mol. The molecule has 0 radical (unpaired) electrons. The average molecular weight is 811 g/mol. The fraction of sp³-hybridized carbons (Fsp3) is 0.0536. The number of aldehydes is 1. The molecule has 0 aliphatic heterocycles. The second-order valence-electron chi connectivity index (χ2n) is 14.6. The summed E-state index contributed by atoms with van der Waals surface area (Å²) < 4.78 is 16.2. The van der Waals surface area contributed by atoms with Crippen LogP contribution in [-0.2, 0) is 0 Å². The molecular weight excluding hydrogens is 765 g/mol. The molecule has 0 aliphatic carbocycles. The van der Waals surface area contributed by atoms with E-state index in [-0.39, 0.29) is 0 Å². The predicted molar refractivity (Wildman–Crippen MR) is 257 cm³/mol. The van der Waals surface area contributed by atoms with Crippen molar-refractivity contribution < 1.29 is 19.0 Å². The number of ether oxygens (including phenoxy) is 3. The van der Waals surface area contributed by atoms with Crippen molar-refractivity contribution in [3.8, 4) is 28.4 Å². The number of anilines is 6. The Morgan fingerprint density at radius 3 is 0.726 bits per heavy atom. The number of carbonyl (C=O) groups is 1. The van der Waals surface area contributed by atoms with Crippen LogP contribution < -0.4 is 24.0 Å². The molecule has 6 nitrogen and oxygen atoms in total. The lowest BCUT2D eigenvalue weighted by Gasteiger charge is -2.26. The van der Waals surface area contributed by atoms with E-state index in [0.717, 1.165) is 91.0 Å². The number of hydrogen-bond donors (Lipinski definition) is 0. The van der Waals surface area contributed by atoms with Gasteiger partial charge in [0.25, 0.3) is 0 Å². The SMILES string of the molecule is COc1ccc(N(c2ccc(C=O)cc2)c2ccc(/C=C/c3ccc(-c4ccc(/C=C/c5ccc(N(c6ccc(OC)cc6)c6ccc(OC)cc6)cc5)cc4)cc3)cc2)cc1. The molecule has 0 saturated carbocycles. The van der Waals surface area contributed by atoms with E-state index in [0.29, 0.717) is 5.56 Å². The molecule has 0 aliphatic rings. The van der Waals surface area contributed by atoms with Gasteiger partial charge in [0.15, 0.2) is 0 Å². The topological polar surface area (TPSA) is 51.2 Å². The van der Waals surface area contributed by atoms with Crippen LogP contribution in [0.1, 0.15) is 32.6 Å². The van der Waals surface area contributed by atoms with Gasteiger partial charge in [0.2, 0.25) is 0 Å². The minimum atomic E-state index is 0.637. The normalized spacial score (nSPS) is 11.1. The van der Waals surface area contributed by atoms with Crippen molar-refractivity contribution in [3.63, 3.8) is 0 Å². The highest BCUT2D eigenvalue weighted by molar-refractivity contribution is 5.82. The number of methoxy groups -OCH3 is 3. The van der Waals surface area contributed by atoms with Crippen molar-refractivity contribution in [3.05, 3.63) is 222 Å². The zero-order valence-corrected chi connectivity index (χ0v) is 34.9. The predicted octanol–water partition coefficient (Wildman–Crippen LogP) is 14.5. The maximum Gasteiger partial charge on any atom is 0.150 e. The molecule has 0 N–H and O–H groups in total. The first-order valence-electron chi connectivity index (χ1n) is 20.3. The molecule has 0 spiro atoms. The Morgan fingerprint density at radius 1 is 0.290 bits per heavy atom. The molecule has 0 unspecified atom stereocenters. The molecule has 6 heteroatoms. The first-order chi connectivity index (χ1) is 30.5. The summed E-state index contributed by atoms with van der Waals surface area (Å²) in [4.78, 5) is 15.7. The number of benzene rings is 8. The van der Waals surface area contributed by atoms with Crippen molar-refractivity contribution in [2.24, 2.45) is 0 Å². The fourth-order valence-electron chi connectivity index (χ4n) is 7.22. The maximum absolute atomic E-state index is 11.3. The van der Waals surface area contributed by atoms with E-state index in [1.165, 1.54) is 0 Å². The lowest BCUT2D eigenvalue weighted by Crippen LogP contribution is -2.09. The molecule has 8 aromatic carbocycles. The van der Waals surface area contributed by atoms with Crippen LogP contribution in [0, 0.1) is 0 Å². The summed E-state index contributed by atoms with van der Waals surface area (Å²) in [7, 11) is 5.02. The Bertz CT molecular complexity index is 2690. The molecule has 0 heterocycles. The Kier molecular flexibility index (Phi) is 12.7. The van der Waals surface area contributed by atoms with Crippen LogP contribution >= 0.6 is 0 Å². The summed E-state index contributed by atoms with van der Waals surface area (Å²) in [6.45, 7) is 0. The average Bonchev–Trinajstić information content (AvgIpc) is 3.35. The zero-order chi connectivity index (χ0) is 42.7. The van der Waals surface area contributed by atoms with Crippen LogP contribution in [0.4, 0.5) is 34.1 Å². The van der Waals surface area contributed by atoms with Crippen molar-refractivity contribution in [1.82, 2.24) is 0 Å². The Labute approximate surface area is 363 Å². The molecule has 0 atom stereocenters. The highest BCUT2D eigenvalue weighted by atomic mass is 16.5. The number of carbonyl (C=O) groups excluding carboxylic acids is 1. The van der Waals surface area contributed by atoms with Gasteiger partial charge in [-0.25, -0.2) is 0 Å². The third-order valence-corrected chi connectivity index (χ3v) is 10.7. The smallest absolute Gasteiger partial charge is 0.150 e. The summed E-state index contributed by atoms with van der Waals surface area (Å²) in [6.07, 6.45) is 9.41. The lowest BCUT2D eigenvalue weighted by atomic mass is 10.0. The Hall–Kier alpha value is -8.09. The van der Waals surface area contributed by atoms with Gasteiger partial charge in [-0.3, -0.25) is 4.79 Å². The van der Waals surface area contributed by atoms with E-state index >= 15 is 0 Å². The van der Waals surface area contributed by atoms with Crippen LogP contribution in [0.3, 0.4) is 0 Å². The van der Waals surface area contributed by atoms with E-state index < -0.39 is 0 Å². The highest BCUT2D eigenvalue weighted by Gasteiger charge is 2.14. The van der Waals surface area contributed by atoms with E-state index in [1.54, 1.807) is 21.3 Å². The third-order valence-electron chi connectivity index (χ3n) is 10.7. The molecule has 0 aromatic heterocycles. The highest BCUT2D eigenvalue weighted by Crippen LogP contribution is 2.38. The molecule has 8 rings (SSSR count). The maximum atomic E-state index is 11.3. The van der Waals surface area contributed by atoms with Crippen molar-refractivity contribution in [2.75, 3.05) is 31.1 Å². The van der Waals surface area contributed by atoms with Crippen molar-refractivity contribution >= 4 is 64.7 Å². The molecule has 62 heavy (non-hydrogen) atoms. The standard InChI is InChI=1S/C56H46N2O4/c1-60-54-34-28-51(29-35-54)57(50-26-16-45(40-59)17-27-50)48-22-12-43(13-23-48)6-4-41-8-18-46(19-9-41)47-20-10-42(11-21-47)5-7-44-14-24-49(25-15-44)58(52-30-36-55(61-2)37-31-52)53-32-38-56(62-3)39-33-53/h4-40H,1-3H3/b6-4+,7-5+. The fourth-order valence-corrected chi connectivity index (χ4v) is 7.22. The Morgan fingerprint density at radius 2 is 0.500 bits per heavy atom. The van der Waals surface area contributed by atoms with Crippen molar-refractivity contribution in [1.29, 1.82) is 0 Å². The number of hydrogen-bond acceptors (Lipinski definition) is 6. The van der Waals surface area contributed by atoms with E-state index in [9.17, 15) is 4.79 Å². The minimum Gasteiger partial charge on any atom is -0.497 e. The van der Waals surface area contributed by atoms with E-state index in [2.05, 4.69) is 155 Å². The van der Waals surface area contributed by atoms with Gasteiger partial charge in [-0.05, 0) is 155 Å². The van der Waals surface area contributed by atoms with Gasteiger partial charge in [0, 0.05) is 39.7 Å². The largest absolute Gasteiger partial charge is 0.497 e. The second kappa shape index (κ2) is 19.3. The number of nitrogens with zero attached hydrogens (tertiary/aromatic N) is 2. The summed E-state index contributed by atoms with van der Waals surface area (Å²) in [5.41, 5.74) is 13.5. The summed E-state index contributed by atoms with van der Waals surface area (Å²) >= 11 is 0. The van der Waals surface area contributed by atoms with Gasteiger partial charge in [0.05, 0.1) is 21.3 Å². The molecule has 304 valence electrons. The molecule has 0 bridgehead atoms. The van der Waals surface area contributed by atoms with Crippen LogP contribution in [0.25, 0.3) is 35.4 Å². The van der Waals surface area contributed by atoms with Gasteiger partial charge < -0.3 is 24.0 Å². The lowest BCUT2D eigenvalue weighted by molar-refractivity contribution is 0.112. The summed E-state index contributed by atoms with van der Waals surface area (Å²) in [6, 6.07) is 66.0. The van der Waals surface area contributed by atoms with Gasteiger partial charge in [-0.2, -0.15) is 0 Å². The molecule has 8 aromatic rings. The minimum absolute atomic E-state index is 0.637. The second-order valence-corrected chi connectivity index (χ2v) is 14.6. The first kappa shape index (κ1) is 40.7. The van der Waals surface area contributed by atoms with Gasteiger partial charge in [0.1, 0.15) is 23.5 Å². The van der Waals surface area contributed by atoms with Gasteiger partial charge in [-0.1, -0.05) is 97.1 Å². The third kappa shape index (κ3) is 9.68. The Balaban J connectivity index is 0.910. The first-order valence-corrected chi connectivity index (χ1v) is 20.3. The van der Waals surface area contributed by atoms with Crippen LogP contribution in [0.2, 0.25) is 0 Å². The van der Waals surface area contributed by atoms with Crippen molar-refractivity contribution in [2.45, 2.75) is 0 Å². The van der Waals surface area contributed by atoms with Crippen LogP contribution in [-0.4, -0.2) is 27.6 Å². The van der Waals surface area contributed by atoms with Gasteiger partial charge >= 0.3 is 0 Å². The van der Waals surface area contributed by atoms with Crippen LogP contribution in [0.15, 0.2) is 194 Å². The molecule has 0 amide bonds. The number of rotatable bonds is 15. The van der Waals surface area contributed by atoms with Gasteiger partial charge in [-0.15, -0.1) is 0 Å². The van der Waals surface area contributed by atoms with Crippen LogP contribution in [0.5, 0.6) is 17.2 Å². The van der Waals surface area contributed by atoms with E-state index in [1.807, 2.05) is 72.8 Å². The van der Waals surface area contributed by atoms with E-state index in [4.69, 9.17) is 14.2 Å². The summed E-state index contributed by atoms with van der Waals surface area (Å²) in [5.74, 6) is 2.42. The molecular formula is C56H46N2O4. The zero-order valence-electron chi connectivity index (χ0n) is 34.9. The summed E-state index contributed by atoms with van der Waals surface area (Å²) in [5, 5.41) is 0. The quantitative estimate of drug-likeness (QED) is 0.0759. The molecule has 0 saturated heterocycles. The molecule has 0 fully saturated rings.